The number of rotatable bonds is 0. The summed E-state index contributed by atoms with van der Waals surface area (Å²) in [5, 5.41) is -0.582. The Labute approximate surface area is 92.1 Å². The van der Waals surface area contributed by atoms with Gasteiger partial charge in [0.05, 0.1) is 0 Å². The first kappa shape index (κ1) is 10.4. The Hall–Kier alpha value is 1.27. The molecule has 0 aromatic carbocycles. The van der Waals surface area contributed by atoms with E-state index in [0.29, 0.717) is 16.2 Å². The molecule has 64 valence electrons. The maximum Gasteiger partial charge on any atom is 0.301 e. The van der Waals surface area contributed by atoms with Gasteiger partial charge < -0.3 is 0 Å². The molecule has 2 nitrogen and oxygen atoms in total. The lowest BCUT2D eigenvalue weighted by atomic mass is 10.7. The van der Waals surface area contributed by atoms with Gasteiger partial charge in [0, 0.05) is 11.8 Å². The number of hydrogen-bond acceptors (Lipinski definition) is 2. The molecular weight excluding hydrogens is 275 g/mol. The van der Waals surface area contributed by atoms with Crippen molar-refractivity contribution in [3.05, 3.63) is 0 Å². The third kappa shape index (κ3) is 1.52. The van der Waals surface area contributed by atoms with E-state index in [-0.39, 0.29) is 0 Å². The molecule has 8 heteroatoms. The Morgan fingerprint density at radius 1 is 1.27 bits per heavy atom. The van der Waals surface area contributed by atoms with Gasteiger partial charge in [0.2, 0.25) is 8.12 Å². The quantitative estimate of drug-likeness (QED) is 0.383. The SMILES string of the molecule is O=C1SC(Cl)(Cl)C(Cl)(Cl)N1Cl. The summed E-state index contributed by atoms with van der Waals surface area (Å²) < 4.78 is -2.87. The van der Waals surface area contributed by atoms with Gasteiger partial charge >= 0.3 is 5.24 Å². The van der Waals surface area contributed by atoms with Crippen LogP contribution in [0.1, 0.15) is 0 Å². The summed E-state index contributed by atoms with van der Waals surface area (Å²) in [6.07, 6.45) is 0. The maximum atomic E-state index is 10.8. The average molecular weight is 275 g/mol. The van der Waals surface area contributed by atoms with E-state index in [9.17, 15) is 4.79 Å². The first-order valence-corrected chi connectivity index (χ1v) is 4.90. The first-order valence-electron chi connectivity index (χ1n) is 2.23. The van der Waals surface area contributed by atoms with Gasteiger partial charge in [-0.2, -0.15) is 0 Å². The normalized spacial score (nSPS) is 27.7. The number of thioether (sulfide) groups is 1. The van der Waals surface area contributed by atoms with Crippen LogP contribution in [0.4, 0.5) is 4.79 Å². The van der Waals surface area contributed by atoms with Crippen molar-refractivity contribution < 1.29 is 4.79 Å². The zero-order valence-corrected chi connectivity index (χ0v) is 9.25. The van der Waals surface area contributed by atoms with Gasteiger partial charge in [0.15, 0.2) is 0 Å². The largest absolute Gasteiger partial charge is 0.301 e. The molecule has 1 aliphatic rings. The smallest absolute Gasteiger partial charge is 0.260 e. The second-order valence-electron chi connectivity index (χ2n) is 1.71. The van der Waals surface area contributed by atoms with E-state index in [4.69, 9.17) is 58.2 Å². The van der Waals surface area contributed by atoms with Crippen LogP contribution >= 0.6 is 69.9 Å². The lowest BCUT2D eigenvalue weighted by Gasteiger charge is -2.25. The third-order valence-electron chi connectivity index (χ3n) is 0.973. The minimum Gasteiger partial charge on any atom is -0.260 e. The van der Waals surface area contributed by atoms with Crippen molar-refractivity contribution in [1.82, 2.24) is 4.42 Å². The number of nitrogens with zero attached hydrogens (tertiary/aromatic N) is 1. The Kier molecular flexibility index (Phi) is 2.72. The zero-order valence-electron chi connectivity index (χ0n) is 4.65. The van der Waals surface area contributed by atoms with E-state index in [1.54, 1.807) is 0 Å². The Bertz CT molecular complexity index is 206. The van der Waals surface area contributed by atoms with E-state index in [0.717, 1.165) is 0 Å². The maximum absolute atomic E-state index is 10.8. The predicted octanol–water partition coefficient (Wildman–Crippen LogP) is 3.57. The minimum atomic E-state index is -1.79. The second kappa shape index (κ2) is 2.89. The minimum absolute atomic E-state index is 0.556. The second-order valence-corrected chi connectivity index (χ2v) is 6.27. The van der Waals surface area contributed by atoms with Crippen LogP contribution in [-0.2, 0) is 0 Å². The van der Waals surface area contributed by atoms with Gasteiger partial charge in [0.25, 0.3) is 0 Å². The molecule has 11 heavy (non-hydrogen) atoms. The highest BCUT2D eigenvalue weighted by Gasteiger charge is 2.62. The molecule has 0 aromatic heterocycles. The first-order chi connectivity index (χ1) is 4.79. The van der Waals surface area contributed by atoms with Crippen molar-refractivity contribution in [2.24, 2.45) is 0 Å². The molecule has 1 amide bonds. The topological polar surface area (TPSA) is 20.3 Å². The molecule has 0 atom stereocenters. The molecule has 0 aromatic rings. The molecule has 1 rings (SSSR count). The summed E-state index contributed by atoms with van der Waals surface area (Å²) in [6.45, 7) is 0. The highest BCUT2D eigenvalue weighted by Crippen LogP contribution is 2.59. The van der Waals surface area contributed by atoms with Crippen LogP contribution in [0.2, 0.25) is 0 Å². The molecular formula is C3Cl5NOS. The van der Waals surface area contributed by atoms with E-state index in [1.807, 2.05) is 0 Å². The highest BCUT2D eigenvalue weighted by atomic mass is 35.5. The van der Waals surface area contributed by atoms with Gasteiger partial charge in [-0.1, -0.05) is 46.4 Å². The predicted molar refractivity (Wildman–Crippen MR) is 49.6 cm³/mol. The number of hydrogen-bond donors (Lipinski definition) is 0. The monoisotopic (exact) mass is 273 g/mol. The molecule has 1 aliphatic heterocycles. The van der Waals surface area contributed by atoms with Crippen molar-refractivity contribution in [3.63, 3.8) is 0 Å². The fourth-order valence-corrected chi connectivity index (χ4v) is 2.51. The average Bonchev–Trinajstić information content (AvgIpc) is 1.93. The number of amides is 1. The van der Waals surface area contributed by atoms with Gasteiger partial charge in [0.1, 0.15) is 0 Å². The molecule has 0 N–H and O–H groups in total. The van der Waals surface area contributed by atoms with Crippen LogP contribution in [0.15, 0.2) is 0 Å². The van der Waals surface area contributed by atoms with Crippen LogP contribution in [0.25, 0.3) is 0 Å². The van der Waals surface area contributed by atoms with E-state index in [2.05, 4.69) is 0 Å². The molecule has 0 bridgehead atoms. The van der Waals surface area contributed by atoms with Gasteiger partial charge in [-0.05, 0) is 11.8 Å². The van der Waals surface area contributed by atoms with Crippen LogP contribution in [0.3, 0.4) is 0 Å². The Morgan fingerprint density at radius 2 is 1.73 bits per heavy atom. The summed E-state index contributed by atoms with van der Waals surface area (Å²) in [5.41, 5.74) is 0. The van der Waals surface area contributed by atoms with Gasteiger partial charge in [-0.15, -0.1) is 0 Å². The molecule has 1 heterocycles. The van der Waals surface area contributed by atoms with Crippen LogP contribution in [-0.4, -0.2) is 17.8 Å². The van der Waals surface area contributed by atoms with Gasteiger partial charge in [-0.25, -0.2) is 4.42 Å². The number of alkyl halides is 4. The summed E-state index contributed by atoms with van der Waals surface area (Å²) in [7, 11) is 0. The fraction of sp³-hybridized carbons (Fsp3) is 0.667. The summed E-state index contributed by atoms with van der Waals surface area (Å²) in [6, 6.07) is 0. The molecule has 0 saturated carbocycles. The molecule has 1 fully saturated rings. The van der Waals surface area contributed by atoms with Crippen LogP contribution in [0, 0.1) is 0 Å². The van der Waals surface area contributed by atoms with Crippen molar-refractivity contribution in [2.45, 2.75) is 8.12 Å². The highest BCUT2D eigenvalue weighted by molar-refractivity contribution is 8.17. The van der Waals surface area contributed by atoms with E-state index in [1.165, 1.54) is 0 Å². The van der Waals surface area contributed by atoms with Crippen LogP contribution in [0.5, 0.6) is 0 Å². The lowest BCUT2D eigenvalue weighted by Crippen LogP contribution is -2.37. The van der Waals surface area contributed by atoms with Crippen molar-refractivity contribution in [2.75, 3.05) is 0 Å². The van der Waals surface area contributed by atoms with Crippen molar-refractivity contribution >= 4 is 75.2 Å². The van der Waals surface area contributed by atoms with Crippen molar-refractivity contribution in [3.8, 4) is 0 Å². The summed E-state index contributed by atoms with van der Waals surface area (Å²) >= 11 is 28.2. The number of halogens is 5. The lowest BCUT2D eigenvalue weighted by molar-refractivity contribution is 0.245. The number of carbonyl (C=O) groups is 1. The molecule has 0 radical (unpaired) electrons. The molecule has 0 unspecified atom stereocenters. The zero-order chi connectivity index (χ0) is 8.86. The van der Waals surface area contributed by atoms with Gasteiger partial charge in [-0.3, -0.25) is 4.79 Å². The number of carbonyl (C=O) groups excluding carboxylic acids is 1. The fourth-order valence-electron chi connectivity index (χ4n) is 0.440. The molecule has 0 spiro atoms. The standard InChI is InChI=1S/C3Cl5NOS/c4-2(5)3(6,7)11-1(10)9(2)8. The summed E-state index contributed by atoms with van der Waals surface area (Å²) in [4.78, 5) is 10.8. The Morgan fingerprint density at radius 3 is 1.82 bits per heavy atom. The van der Waals surface area contributed by atoms with E-state index >= 15 is 0 Å². The molecule has 1 saturated heterocycles. The van der Waals surface area contributed by atoms with E-state index < -0.39 is 13.4 Å². The Balaban J connectivity index is 3.01. The molecule has 0 aliphatic carbocycles. The van der Waals surface area contributed by atoms with Crippen molar-refractivity contribution in [1.29, 1.82) is 0 Å². The van der Waals surface area contributed by atoms with Crippen LogP contribution < -0.4 is 0 Å². The third-order valence-corrected chi connectivity index (χ3v) is 5.09. The summed E-state index contributed by atoms with van der Waals surface area (Å²) in [5.74, 6) is 0.